The fourth-order valence-electron chi connectivity index (χ4n) is 3.73. The van der Waals surface area contributed by atoms with E-state index in [9.17, 15) is 4.79 Å². The lowest BCUT2D eigenvalue weighted by Crippen LogP contribution is -2.44. The summed E-state index contributed by atoms with van der Waals surface area (Å²) >= 11 is 12.0. The molecule has 2 fully saturated rings. The SMILES string of the molecule is O=C(c1cc(Cl)ncc1Cl)N1CCC2(CCCCC2)CC1. The van der Waals surface area contributed by atoms with E-state index in [-0.39, 0.29) is 5.91 Å². The molecule has 1 aliphatic carbocycles. The molecule has 0 atom stereocenters. The topological polar surface area (TPSA) is 33.2 Å². The molecular weight excluding hydrogens is 307 g/mol. The number of nitrogens with zero attached hydrogens (tertiary/aromatic N) is 2. The van der Waals surface area contributed by atoms with E-state index in [0.29, 0.717) is 21.2 Å². The second kappa shape index (κ2) is 6.13. The van der Waals surface area contributed by atoms with Crippen molar-refractivity contribution < 1.29 is 4.79 Å². The van der Waals surface area contributed by atoms with Crippen molar-refractivity contribution in [2.45, 2.75) is 44.9 Å². The van der Waals surface area contributed by atoms with Gasteiger partial charge in [0.1, 0.15) is 5.15 Å². The Morgan fingerprint density at radius 2 is 1.76 bits per heavy atom. The van der Waals surface area contributed by atoms with Crippen molar-refractivity contribution in [1.29, 1.82) is 0 Å². The van der Waals surface area contributed by atoms with Gasteiger partial charge in [-0.3, -0.25) is 4.79 Å². The summed E-state index contributed by atoms with van der Waals surface area (Å²) < 4.78 is 0. The number of pyridine rings is 1. The maximum absolute atomic E-state index is 12.6. The molecule has 3 rings (SSSR count). The number of piperidine rings is 1. The number of carbonyl (C=O) groups is 1. The lowest BCUT2D eigenvalue weighted by atomic mass is 9.68. The molecule has 0 unspecified atom stereocenters. The molecule has 1 saturated heterocycles. The summed E-state index contributed by atoms with van der Waals surface area (Å²) in [4.78, 5) is 18.4. The van der Waals surface area contributed by atoms with Crippen LogP contribution < -0.4 is 0 Å². The minimum atomic E-state index is -0.0186. The third-order valence-corrected chi connectivity index (χ3v) is 5.59. The monoisotopic (exact) mass is 326 g/mol. The van der Waals surface area contributed by atoms with Gasteiger partial charge >= 0.3 is 0 Å². The van der Waals surface area contributed by atoms with Crippen LogP contribution in [0.5, 0.6) is 0 Å². The number of amides is 1. The van der Waals surface area contributed by atoms with Crippen LogP contribution in [0.25, 0.3) is 0 Å². The molecular formula is C16H20Cl2N2O. The van der Waals surface area contributed by atoms with Gasteiger partial charge in [-0.25, -0.2) is 4.98 Å². The molecule has 0 N–H and O–H groups in total. The molecule has 0 aromatic carbocycles. The average molecular weight is 327 g/mol. The van der Waals surface area contributed by atoms with Crippen molar-refractivity contribution in [1.82, 2.24) is 9.88 Å². The first-order chi connectivity index (χ1) is 10.1. The van der Waals surface area contributed by atoms with Crippen LogP contribution >= 0.6 is 23.2 Å². The Kier molecular flexibility index (Phi) is 4.41. The van der Waals surface area contributed by atoms with Crippen molar-refractivity contribution in [2.75, 3.05) is 13.1 Å². The fourth-order valence-corrected chi connectivity index (χ4v) is 4.08. The number of hydrogen-bond acceptors (Lipinski definition) is 2. The first-order valence-corrected chi connectivity index (χ1v) is 8.46. The Labute approximate surface area is 135 Å². The van der Waals surface area contributed by atoms with Gasteiger partial charge in [-0.05, 0) is 37.2 Å². The van der Waals surface area contributed by atoms with E-state index in [0.717, 1.165) is 25.9 Å². The van der Waals surface area contributed by atoms with Crippen LogP contribution in [0.3, 0.4) is 0 Å². The second-order valence-electron chi connectivity index (χ2n) is 6.34. The van der Waals surface area contributed by atoms with Gasteiger partial charge in [-0.2, -0.15) is 0 Å². The Morgan fingerprint density at radius 1 is 1.10 bits per heavy atom. The van der Waals surface area contributed by atoms with E-state index in [1.165, 1.54) is 38.3 Å². The third-order valence-electron chi connectivity index (χ3n) is 5.08. The first kappa shape index (κ1) is 15.1. The van der Waals surface area contributed by atoms with E-state index < -0.39 is 0 Å². The highest BCUT2D eigenvalue weighted by molar-refractivity contribution is 6.35. The maximum atomic E-state index is 12.6. The molecule has 1 aromatic rings. The Hall–Kier alpha value is -0.800. The van der Waals surface area contributed by atoms with Gasteiger partial charge in [-0.15, -0.1) is 0 Å². The highest BCUT2D eigenvalue weighted by Gasteiger charge is 2.37. The number of hydrogen-bond donors (Lipinski definition) is 0. The maximum Gasteiger partial charge on any atom is 0.255 e. The summed E-state index contributed by atoms with van der Waals surface area (Å²) in [5, 5.41) is 0.686. The molecule has 2 heterocycles. The normalized spacial score (nSPS) is 21.5. The summed E-state index contributed by atoms with van der Waals surface area (Å²) in [5.74, 6) is -0.0186. The zero-order valence-electron chi connectivity index (χ0n) is 12.1. The van der Waals surface area contributed by atoms with E-state index in [2.05, 4.69) is 4.98 Å². The van der Waals surface area contributed by atoms with Crippen molar-refractivity contribution >= 4 is 29.1 Å². The van der Waals surface area contributed by atoms with Crippen molar-refractivity contribution in [3.8, 4) is 0 Å². The van der Waals surface area contributed by atoms with Crippen LogP contribution in [0, 0.1) is 5.41 Å². The summed E-state index contributed by atoms with van der Waals surface area (Å²) in [5.41, 5.74) is 0.964. The molecule has 0 radical (unpaired) electrons. The average Bonchev–Trinajstić information content (AvgIpc) is 2.51. The highest BCUT2D eigenvalue weighted by atomic mass is 35.5. The zero-order chi connectivity index (χ0) is 14.9. The van der Waals surface area contributed by atoms with Crippen LogP contribution in [0.2, 0.25) is 10.2 Å². The molecule has 1 spiro atoms. The molecule has 0 bridgehead atoms. The zero-order valence-corrected chi connectivity index (χ0v) is 13.6. The number of carbonyl (C=O) groups excluding carboxylic acids is 1. The van der Waals surface area contributed by atoms with E-state index in [1.54, 1.807) is 6.07 Å². The molecule has 5 heteroatoms. The van der Waals surface area contributed by atoms with Crippen molar-refractivity contribution in [3.05, 3.63) is 28.0 Å². The van der Waals surface area contributed by atoms with Gasteiger partial charge in [0.05, 0.1) is 10.6 Å². The van der Waals surface area contributed by atoms with Gasteiger partial charge in [-0.1, -0.05) is 42.5 Å². The highest BCUT2D eigenvalue weighted by Crippen LogP contribution is 2.44. The van der Waals surface area contributed by atoms with Gasteiger partial charge in [0.15, 0.2) is 0 Å². The van der Waals surface area contributed by atoms with E-state index >= 15 is 0 Å². The molecule has 2 aliphatic rings. The largest absolute Gasteiger partial charge is 0.339 e. The molecule has 1 amide bonds. The molecule has 1 aromatic heterocycles. The lowest BCUT2D eigenvalue weighted by Gasteiger charge is -2.44. The molecule has 1 aliphatic heterocycles. The van der Waals surface area contributed by atoms with E-state index in [4.69, 9.17) is 23.2 Å². The summed E-state index contributed by atoms with van der Waals surface area (Å²) in [6.45, 7) is 1.66. The molecule has 1 saturated carbocycles. The Morgan fingerprint density at radius 3 is 2.43 bits per heavy atom. The summed E-state index contributed by atoms with van der Waals surface area (Å²) in [6, 6.07) is 1.57. The van der Waals surface area contributed by atoms with Crippen LogP contribution in [-0.2, 0) is 0 Å². The summed E-state index contributed by atoms with van der Waals surface area (Å²) in [6.07, 6.45) is 10.4. The number of likely N-dealkylation sites (tertiary alicyclic amines) is 1. The molecule has 3 nitrogen and oxygen atoms in total. The van der Waals surface area contributed by atoms with Gasteiger partial charge in [0.25, 0.3) is 5.91 Å². The van der Waals surface area contributed by atoms with Gasteiger partial charge in [0, 0.05) is 19.3 Å². The predicted molar refractivity (Wildman–Crippen MR) is 84.9 cm³/mol. The number of halogens is 2. The minimum absolute atomic E-state index is 0.0186. The number of aromatic nitrogens is 1. The summed E-state index contributed by atoms with van der Waals surface area (Å²) in [7, 11) is 0. The lowest BCUT2D eigenvalue weighted by molar-refractivity contribution is 0.0472. The van der Waals surface area contributed by atoms with E-state index in [1.807, 2.05) is 4.90 Å². The minimum Gasteiger partial charge on any atom is -0.339 e. The van der Waals surface area contributed by atoms with Crippen LogP contribution in [0.4, 0.5) is 0 Å². The van der Waals surface area contributed by atoms with Gasteiger partial charge in [0.2, 0.25) is 0 Å². The fraction of sp³-hybridized carbons (Fsp3) is 0.625. The molecule has 114 valence electrons. The Bertz CT molecular complexity index is 531. The number of rotatable bonds is 1. The van der Waals surface area contributed by atoms with Crippen LogP contribution in [0.1, 0.15) is 55.3 Å². The van der Waals surface area contributed by atoms with Crippen molar-refractivity contribution in [3.63, 3.8) is 0 Å². The smallest absolute Gasteiger partial charge is 0.255 e. The predicted octanol–water partition coefficient (Wildman–Crippen LogP) is 4.57. The van der Waals surface area contributed by atoms with Crippen LogP contribution in [0.15, 0.2) is 12.3 Å². The standard InChI is InChI=1S/C16H20Cl2N2O/c17-13-11-19-14(18)10-12(13)15(21)20-8-6-16(7-9-20)4-2-1-3-5-16/h10-11H,1-9H2. The van der Waals surface area contributed by atoms with Crippen LogP contribution in [-0.4, -0.2) is 28.9 Å². The third kappa shape index (κ3) is 3.19. The second-order valence-corrected chi connectivity index (χ2v) is 7.13. The van der Waals surface area contributed by atoms with Crippen molar-refractivity contribution in [2.24, 2.45) is 5.41 Å². The van der Waals surface area contributed by atoms with Gasteiger partial charge < -0.3 is 4.90 Å². The Balaban J connectivity index is 1.69. The quantitative estimate of drug-likeness (QED) is 0.708. The first-order valence-electron chi connectivity index (χ1n) is 7.70. The molecule has 21 heavy (non-hydrogen) atoms.